The first-order valence-electron chi connectivity index (χ1n) is 1.76. The van der Waals surface area contributed by atoms with Crippen LogP contribution in [0.2, 0.25) is 0 Å². The Balaban J connectivity index is 2.83. The summed E-state index contributed by atoms with van der Waals surface area (Å²) in [5, 5.41) is 8.05. The summed E-state index contributed by atoms with van der Waals surface area (Å²) in [7, 11) is -1.10. The van der Waals surface area contributed by atoms with Crippen LogP contribution in [0.5, 0.6) is 0 Å². The van der Waals surface area contributed by atoms with E-state index in [9.17, 15) is 4.57 Å². The fraction of sp³-hybridized carbons (Fsp3) is 1.00. The third-order valence-electron chi connectivity index (χ3n) is 0.415. The second-order valence-electron chi connectivity index (χ2n) is 1.08. The van der Waals surface area contributed by atoms with Gasteiger partial charge >= 0.3 is 0 Å². The number of hydrogen-bond donors (Lipinski definition) is 1. The maximum absolute atomic E-state index is 10.0. The standard InChI is InChI=1S/C3H8O2P/c1-6(5)3-2-4/h4H,2-3H2,1H3. The van der Waals surface area contributed by atoms with E-state index in [1.54, 1.807) is 6.66 Å². The van der Waals surface area contributed by atoms with Crippen molar-refractivity contribution in [1.29, 1.82) is 0 Å². The fourth-order valence-corrected chi connectivity index (χ4v) is 0.422. The summed E-state index contributed by atoms with van der Waals surface area (Å²) in [5.41, 5.74) is 0. The molecular formula is C3H8O2P. The van der Waals surface area contributed by atoms with E-state index in [4.69, 9.17) is 5.11 Å². The normalized spacial score (nSPS) is 11.3. The topological polar surface area (TPSA) is 37.3 Å². The average molecular weight is 107 g/mol. The van der Waals surface area contributed by atoms with E-state index >= 15 is 0 Å². The second-order valence-corrected chi connectivity index (χ2v) is 2.78. The molecule has 0 aromatic carbocycles. The number of hydrogen-bond acceptors (Lipinski definition) is 2. The molecule has 0 aliphatic rings. The van der Waals surface area contributed by atoms with Crippen molar-refractivity contribution in [3.8, 4) is 0 Å². The zero-order chi connectivity index (χ0) is 4.99. The minimum Gasteiger partial charge on any atom is -0.396 e. The van der Waals surface area contributed by atoms with Crippen LogP contribution < -0.4 is 0 Å². The van der Waals surface area contributed by atoms with Crippen LogP contribution in [-0.2, 0) is 4.57 Å². The van der Waals surface area contributed by atoms with Crippen LogP contribution in [0.4, 0.5) is 0 Å². The SMILES string of the molecule is C[P](=O)CCO. The first-order valence-corrected chi connectivity index (χ1v) is 3.65. The van der Waals surface area contributed by atoms with E-state index in [1.807, 2.05) is 0 Å². The van der Waals surface area contributed by atoms with Crippen molar-refractivity contribution in [1.82, 2.24) is 0 Å². The van der Waals surface area contributed by atoms with Crippen LogP contribution in [0.3, 0.4) is 0 Å². The predicted molar refractivity (Wildman–Crippen MR) is 25.5 cm³/mol. The molecule has 1 unspecified atom stereocenters. The molecule has 1 N–H and O–H groups in total. The van der Waals surface area contributed by atoms with Crippen LogP contribution in [-0.4, -0.2) is 24.5 Å². The first-order chi connectivity index (χ1) is 2.77. The molecule has 0 amide bonds. The highest BCUT2D eigenvalue weighted by Gasteiger charge is 1.83. The Morgan fingerprint density at radius 3 is 2.33 bits per heavy atom. The van der Waals surface area contributed by atoms with Gasteiger partial charge in [0.2, 0.25) is 0 Å². The van der Waals surface area contributed by atoms with E-state index in [0.29, 0.717) is 6.16 Å². The highest BCUT2D eigenvalue weighted by molar-refractivity contribution is 7.43. The first kappa shape index (κ1) is 6.06. The molecule has 0 saturated heterocycles. The largest absolute Gasteiger partial charge is 0.396 e. The number of aliphatic hydroxyl groups is 1. The summed E-state index contributed by atoms with van der Waals surface area (Å²) < 4.78 is 10.0. The molecule has 0 saturated carbocycles. The molecule has 0 aliphatic carbocycles. The summed E-state index contributed by atoms with van der Waals surface area (Å²) in [6, 6.07) is 0. The maximum Gasteiger partial charge on any atom is 0.0710 e. The van der Waals surface area contributed by atoms with Crippen LogP contribution in [0.15, 0.2) is 0 Å². The lowest BCUT2D eigenvalue weighted by molar-refractivity contribution is 0.320. The Labute approximate surface area is 38.0 Å². The predicted octanol–water partition coefficient (Wildman–Crippen LogP) is 0.436. The second kappa shape index (κ2) is 3.26. The van der Waals surface area contributed by atoms with E-state index in [-0.39, 0.29) is 6.61 Å². The van der Waals surface area contributed by atoms with Gasteiger partial charge in [0.15, 0.2) is 0 Å². The molecule has 2 nitrogen and oxygen atoms in total. The molecular weight excluding hydrogens is 99.0 g/mol. The van der Waals surface area contributed by atoms with Gasteiger partial charge < -0.3 is 5.11 Å². The monoisotopic (exact) mass is 107 g/mol. The Kier molecular flexibility index (Phi) is 3.29. The third kappa shape index (κ3) is 4.06. The number of aliphatic hydroxyl groups excluding tert-OH is 1. The van der Waals surface area contributed by atoms with Gasteiger partial charge in [-0.25, -0.2) is 0 Å². The average Bonchev–Trinajstić information content (AvgIpc) is 1.35. The van der Waals surface area contributed by atoms with Crippen LogP contribution in [0.1, 0.15) is 0 Å². The van der Waals surface area contributed by atoms with E-state index in [1.165, 1.54) is 0 Å². The van der Waals surface area contributed by atoms with Gasteiger partial charge in [-0.3, -0.25) is 4.57 Å². The van der Waals surface area contributed by atoms with Gasteiger partial charge in [-0.15, -0.1) is 0 Å². The molecule has 0 spiro atoms. The van der Waals surface area contributed by atoms with Crippen molar-refractivity contribution in [3.63, 3.8) is 0 Å². The van der Waals surface area contributed by atoms with E-state index < -0.39 is 7.80 Å². The van der Waals surface area contributed by atoms with Crippen molar-refractivity contribution < 1.29 is 9.67 Å². The molecule has 3 heteroatoms. The summed E-state index contributed by atoms with van der Waals surface area (Å²) in [4.78, 5) is 0. The van der Waals surface area contributed by atoms with Gasteiger partial charge in [0.25, 0.3) is 0 Å². The quantitative estimate of drug-likeness (QED) is 0.520. The van der Waals surface area contributed by atoms with Crippen LogP contribution in [0.25, 0.3) is 0 Å². The summed E-state index contributed by atoms with van der Waals surface area (Å²) in [6.07, 6.45) is 0.440. The lowest BCUT2D eigenvalue weighted by Crippen LogP contribution is -1.81. The Bertz CT molecular complexity index is 52.8. The van der Waals surface area contributed by atoms with Crippen molar-refractivity contribution >= 4 is 7.80 Å². The van der Waals surface area contributed by atoms with Crippen molar-refractivity contribution in [3.05, 3.63) is 0 Å². The molecule has 0 aromatic heterocycles. The van der Waals surface area contributed by atoms with Crippen LogP contribution >= 0.6 is 7.80 Å². The molecule has 0 aliphatic heterocycles. The molecule has 6 heavy (non-hydrogen) atoms. The van der Waals surface area contributed by atoms with Gasteiger partial charge in [0, 0.05) is 12.8 Å². The lowest BCUT2D eigenvalue weighted by atomic mass is 10.9. The van der Waals surface area contributed by atoms with E-state index in [2.05, 4.69) is 0 Å². The molecule has 0 bridgehead atoms. The van der Waals surface area contributed by atoms with E-state index in [0.717, 1.165) is 0 Å². The van der Waals surface area contributed by atoms with Gasteiger partial charge in [0.1, 0.15) is 0 Å². The van der Waals surface area contributed by atoms with Gasteiger partial charge in [0.05, 0.1) is 14.4 Å². The van der Waals surface area contributed by atoms with Gasteiger partial charge in [-0.05, 0) is 0 Å². The molecule has 0 aromatic rings. The molecule has 0 heterocycles. The summed E-state index contributed by atoms with van der Waals surface area (Å²) in [5.74, 6) is 0. The molecule has 1 radical (unpaired) electrons. The minimum absolute atomic E-state index is 0.0473. The molecule has 1 atom stereocenters. The Morgan fingerprint density at radius 1 is 1.83 bits per heavy atom. The zero-order valence-corrected chi connectivity index (χ0v) is 4.61. The maximum atomic E-state index is 10.0. The van der Waals surface area contributed by atoms with Crippen molar-refractivity contribution in [2.75, 3.05) is 19.4 Å². The third-order valence-corrected chi connectivity index (χ3v) is 1.24. The minimum atomic E-state index is -1.10. The fourth-order valence-electron chi connectivity index (χ4n) is 0.141. The molecule has 37 valence electrons. The summed E-state index contributed by atoms with van der Waals surface area (Å²) >= 11 is 0. The van der Waals surface area contributed by atoms with Gasteiger partial charge in [-0.1, -0.05) is 0 Å². The van der Waals surface area contributed by atoms with Crippen molar-refractivity contribution in [2.24, 2.45) is 0 Å². The van der Waals surface area contributed by atoms with Gasteiger partial charge in [-0.2, -0.15) is 0 Å². The highest BCUT2D eigenvalue weighted by Crippen LogP contribution is 2.09. The van der Waals surface area contributed by atoms with Crippen LogP contribution in [0, 0.1) is 0 Å². The highest BCUT2D eigenvalue weighted by atomic mass is 31.1. The Morgan fingerprint density at radius 2 is 2.33 bits per heavy atom. The number of rotatable bonds is 2. The summed E-state index contributed by atoms with van der Waals surface area (Å²) in [6.45, 7) is 1.65. The lowest BCUT2D eigenvalue weighted by Gasteiger charge is -1.81. The molecule has 0 rings (SSSR count). The molecule has 0 fully saturated rings. The smallest absolute Gasteiger partial charge is 0.0710 e. The van der Waals surface area contributed by atoms with Crippen molar-refractivity contribution in [2.45, 2.75) is 0 Å². The Hall–Kier alpha value is 0.0600. The zero-order valence-electron chi connectivity index (χ0n) is 3.72.